The largest absolute Gasteiger partial charge is 0.463 e. The Kier molecular flexibility index (Phi) is 8.61. The van der Waals surface area contributed by atoms with Gasteiger partial charge in [-0.05, 0) is 75.4 Å². The number of carbonyl (C=O) groups is 4. The number of hydrogen-bond donors (Lipinski definition) is 0. The summed E-state index contributed by atoms with van der Waals surface area (Å²) >= 11 is 0. The molecule has 0 N–H and O–H groups in total. The van der Waals surface area contributed by atoms with Crippen molar-refractivity contribution in [2.45, 2.75) is 76.5 Å². The molecule has 3 aliphatic rings. The lowest BCUT2D eigenvalue weighted by Crippen LogP contribution is -2.71. The summed E-state index contributed by atoms with van der Waals surface area (Å²) in [4.78, 5) is 61.4. The van der Waals surface area contributed by atoms with Gasteiger partial charge in [-0.15, -0.1) is 0 Å². The van der Waals surface area contributed by atoms with Crippen molar-refractivity contribution in [3.05, 3.63) is 96.1 Å². The second-order valence-corrected chi connectivity index (χ2v) is 13.3. The van der Waals surface area contributed by atoms with Gasteiger partial charge < -0.3 is 23.7 Å². The molecule has 1 saturated heterocycles. The number of aromatic nitrogens is 2. The number of nitrogens with zero attached hydrogens (tertiary/aromatic N) is 2. The van der Waals surface area contributed by atoms with E-state index in [0.717, 1.165) is 0 Å². The van der Waals surface area contributed by atoms with Crippen LogP contribution in [-0.4, -0.2) is 70.0 Å². The van der Waals surface area contributed by atoms with Crippen molar-refractivity contribution in [3.8, 4) is 0 Å². The maximum Gasteiger partial charge on any atom is 0.340 e. The lowest BCUT2D eigenvalue weighted by molar-refractivity contribution is -0.264. The molecule has 11 heteroatoms. The highest BCUT2D eigenvalue weighted by atomic mass is 16.6. The van der Waals surface area contributed by atoms with Crippen LogP contribution >= 0.6 is 0 Å². The summed E-state index contributed by atoms with van der Waals surface area (Å²) in [7, 11) is 0. The Balaban J connectivity index is 1.50. The smallest absolute Gasteiger partial charge is 0.340 e. The van der Waals surface area contributed by atoms with Gasteiger partial charge in [-0.2, -0.15) is 0 Å². The van der Waals surface area contributed by atoms with E-state index in [2.05, 4.69) is 9.97 Å². The highest BCUT2D eigenvalue weighted by Gasteiger charge is 2.77. The third-order valence-corrected chi connectivity index (χ3v) is 10.0. The van der Waals surface area contributed by atoms with Gasteiger partial charge in [-0.1, -0.05) is 25.1 Å². The van der Waals surface area contributed by atoms with Crippen LogP contribution in [0.5, 0.6) is 0 Å². The van der Waals surface area contributed by atoms with Gasteiger partial charge in [-0.3, -0.25) is 14.8 Å². The summed E-state index contributed by atoms with van der Waals surface area (Å²) in [5.41, 5.74) is -2.42. The Morgan fingerprint density at radius 2 is 1.43 bits per heavy atom. The number of benzene rings is 1. The van der Waals surface area contributed by atoms with E-state index in [1.54, 1.807) is 67.0 Å². The fourth-order valence-electron chi connectivity index (χ4n) is 8.00. The third-order valence-electron chi connectivity index (χ3n) is 10.0. The Morgan fingerprint density at radius 3 is 2.04 bits per heavy atom. The van der Waals surface area contributed by atoms with Gasteiger partial charge in [-0.25, -0.2) is 14.4 Å². The van der Waals surface area contributed by atoms with Crippen LogP contribution in [0.15, 0.2) is 79.4 Å². The maximum atomic E-state index is 13.9. The zero-order valence-corrected chi connectivity index (χ0v) is 26.8. The molecule has 0 radical (unpaired) electrons. The number of rotatable bonds is 8. The van der Waals surface area contributed by atoms with Gasteiger partial charge in [0.2, 0.25) is 0 Å². The van der Waals surface area contributed by atoms with Crippen molar-refractivity contribution < 1.29 is 42.9 Å². The molecule has 2 bridgehead atoms. The number of esters is 4. The fraction of sp³-hybridized carbons (Fsp3) is 0.444. The summed E-state index contributed by atoms with van der Waals surface area (Å²) in [5, 5.41) is 0. The van der Waals surface area contributed by atoms with Crippen LogP contribution in [0.25, 0.3) is 0 Å². The minimum Gasteiger partial charge on any atom is -0.463 e. The quantitative estimate of drug-likeness (QED) is 0.242. The summed E-state index contributed by atoms with van der Waals surface area (Å²) in [6.45, 7) is 6.91. The molecule has 3 aromatic rings. The fourth-order valence-corrected chi connectivity index (χ4v) is 8.00. The normalized spacial score (nSPS) is 30.3. The number of pyridine rings is 2. The average Bonchev–Trinajstić information content (AvgIpc) is 3.33. The zero-order chi connectivity index (χ0) is 33.4. The lowest BCUT2D eigenvalue weighted by Gasteiger charge is -2.60. The lowest BCUT2D eigenvalue weighted by atomic mass is 9.49. The molecule has 3 heterocycles. The molecular weight excluding hydrogens is 604 g/mol. The minimum absolute atomic E-state index is 0.119. The van der Waals surface area contributed by atoms with Crippen LogP contribution in [0.4, 0.5) is 0 Å². The van der Waals surface area contributed by atoms with Crippen molar-refractivity contribution in [1.29, 1.82) is 0 Å². The molecule has 6 rings (SSSR count). The van der Waals surface area contributed by atoms with Crippen molar-refractivity contribution >= 4 is 23.9 Å². The van der Waals surface area contributed by atoms with Gasteiger partial charge in [0, 0.05) is 37.6 Å². The first-order chi connectivity index (χ1) is 22.5. The van der Waals surface area contributed by atoms with Crippen molar-refractivity contribution in [2.75, 3.05) is 6.61 Å². The topological polar surface area (TPSA) is 140 Å². The summed E-state index contributed by atoms with van der Waals surface area (Å²) in [6, 6.07) is 14.9. The number of carbonyl (C=O) groups excluding carboxylic acids is 4. The van der Waals surface area contributed by atoms with Crippen LogP contribution in [0.1, 0.15) is 78.0 Å². The van der Waals surface area contributed by atoms with E-state index >= 15 is 0 Å². The molecule has 1 aromatic carbocycles. The summed E-state index contributed by atoms with van der Waals surface area (Å²) in [5.74, 6) is -3.06. The first kappa shape index (κ1) is 32.3. The SMILES string of the molecule is CC(=O)OC1CC(C)C23CC(C(OC(=O)c4cccnc4)C(OC(=O)c4ccccc4)C2(COC(=O)c2cccnc2)C1)C(C)(C)O3. The average molecular weight is 643 g/mol. The molecule has 1 spiro atoms. The molecule has 1 aliphatic heterocycles. The standard InChI is InChI=1S/C36H38N2O9/c1-22-16-27(44-23(2)39)17-35(21-43-31(40)25-12-8-14-37-19-25)30(46-32(41)24-10-6-5-7-11-24)29(28-18-36(22,35)47-34(28,3)4)45-33(42)26-13-9-15-38-20-26/h5-15,19-20,22,27-30H,16-18,21H2,1-4H3. The minimum atomic E-state index is -1.31. The predicted molar refractivity (Wildman–Crippen MR) is 166 cm³/mol. The van der Waals surface area contributed by atoms with Gasteiger partial charge in [0.1, 0.15) is 18.8 Å². The molecule has 2 aliphatic carbocycles. The second-order valence-electron chi connectivity index (χ2n) is 13.3. The van der Waals surface area contributed by atoms with E-state index in [-0.39, 0.29) is 30.1 Å². The van der Waals surface area contributed by atoms with Gasteiger partial charge >= 0.3 is 23.9 Å². The third kappa shape index (κ3) is 5.88. The molecule has 246 valence electrons. The Morgan fingerprint density at radius 1 is 0.809 bits per heavy atom. The van der Waals surface area contributed by atoms with Gasteiger partial charge in [0.25, 0.3) is 0 Å². The highest BCUT2D eigenvalue weighted by molar-refractivity contribution is 5.90. The number of fused-ring (bicyclic) bond motifs is 1. The van der Waals surface area contributed by atoms with Crippen LogP contribution in [0, 0.1) is 17.3 Å². The van der Waals surface area contributed by atoms with E-state index < -0.39 is 64.7 Å². The van der Waals surface area contributed by atoms with Gasteiger partial charge in [0.05, 0.1) is 33.3 Å². The molecule has 47 heavy (non-hydrogen) atoms. The predicted octanol–water partition coefficient (Wildman–Crippen LogP) is 5.00. The van der Waals surface area contributed by atoms with Crippen LogP contribution < -0.4 is 0 Å². The second kappa shape index (κ2) is 12.5. The molecule has 3 fully saturated rings. The summed E-state index contributed by atoms with van der Waals surface area (Å²) < 4.78 is 31.7. The summed E-state index contributed by atoms with van der Waals surface area (Å²) in [6.07, 6.45) is 4.10. The number of ether oxygens (including phenoxy) is 5. The maximum absolute atomic E-state index is 13.9. The molecular formula is C36H38N2O9. The Labute approximate surface area is 272 Å². The van der Waals surface area contributed by atoms with Crippen LogP contribution in [0.3, 0.4) is 0 Å². The van der Waals surface area contributed by atoms with E-state index in [0.29, 0.717) is 18.4 Å². The first-order valence-electron chi connectivity index (χ1n) is 15.8. The van der Waals surface area contributed by atoms with E-state index in [1.807, 2.05) is 20.8 Å². The zero-order valence-electron chi connectivity index (χ0n) is 26.8. The van der Waals surface area contributed by atoms with Gasteiger partial charge in [0.15, 0.2) is 6.10 Å². The first-order valence-corrected chi connectivity index (χ1v) is 15.8. The Bertz CT molecular complexity index is 1630. The van der Waals surface area contributed by atoms with E-state index in [9.17, 15) is 19.2 Å². The monoisotopic (exact) mass is 642 g/mol. The van der Waals surface area contributed by atoms with Crippen molar-refractivity contribution in [2.24, 2.45) is 17.3 Å². The molecule has 2 saturated carbocycles. The van der Waals surface area contributed by atoms with Crippen molar-refractivity contribution in [1.82, 2.24) is 9.97 Å². The van der Waals surface area contributed by atoms with Crippen LogP contribution in [0.2, 0.25) is 0 Å². The van der Waals surface area contributed by atoms with E-state index in [1.165, 1.54) is 19.3 Å². The Hall–Kier alpha value is -4.64. The van der Waals surface area contributed by atoms with Crippen LogP contribution in [-0.2, 0) is 28.5 Å². The molecule has 2 aromatic heterocycles. The molecule has 7 atom stereocenters. The molecule has 0 amide bonds. The highest BCUT2D eigenvalue weighted by Crippen LogP contribution is 2.67. The van der Waals surface area contributed by atoms with E-state index in [4.69, 9.17) is 23.7 Å². The molecule has 7 unspecified atom stereocenters. The number of hydrogen-bond acceptors (Lipinski definition) is 11. The molecule has 11 nitrogen and oxygen atoms in total. The van der Waals surface area contributed by atoms with Crippen molar-refractivity contribution in [3.63, 3.8) is 0 Å².